The van der Waals surface area contributed by atoms with E-state index in [9.17, 15) is 4.79 Å². The first-order valence-corrected chi connectivity index (χ1v) is 12.2. The fraction of sp³-hybridized carbons (Fsp3) is 0.591. The average Bonchev–Trinajstić information content (AvgIpc) is 3.49. The Morgan fingerprint density at radius 2 is 1.97 bits per heavy atom. The molecule has 11 heteroatoms. The van der Waals surface area contributed by atoms with Crippen LogP contribution in [0.2, 0.25) is 0 Å². The van der Waals surface area contributed by atoms with Crippen LogP contribution in [-0.4, -0.2) is 52.9 Å². The Kier molecular flexibility index (Phi) is 3.75. The van der Waals surface area contributed by atoms with Crippen molar-refractivity contribution in [3.8, 4) is 0 Å². The molecule has 0 N–H and O–H groups in total. The number of thiophene rings is 1. The van der Waals surface area contributed by atoms with Crippen molar-refractivity contribution in [1.29, 1.82) is 0 Å². The summed E-state index contributed by atoms with van der Waals surface area (Å²) in [6, 6.07) is 0. The lowest BCUT2D eigenvalue weighted by molar-refractivity contribution is -0.0785. The summed E-state index contributed by atoms with van der Waals surface area (Å²) in [5.74, 6) is 2.50. The van der Waals surface area contributed by atoms with E-state index >= 15 is 0 Å². The summed E-state index contributed by atoms with van der Waals surface area (Å²) in [6.45, 7) is 3.83. The van der Waals surface area contributed by atoms with E-state index in [0.717, 1.165) is 59.4 Å². The second kappa shape index (κ2) is 6.34. The number of aromatic nitrogens is 8. The molecule has 170 valence electrons. The maximum atomic E-state index is 12.2. The molecule has 0 spiro atoms. The maximum absolute atomic E-state index is 12.2. The molecule has 4 aromatic heterocycles. The molecular weight excluding hydrogens is 440 g/mol. The predicted octanol–water partition coefficient (Wildman–Crippen LogP) is 2.98. The van der Waals surface area contributed by atoms with Crippen molar-refractivity contribution in [2.24, 2.45) is 11.8 Å². The number of hydrogen-bond donors (Lipinski definition) is 0. The molecule has 8 rings (SSSR count). The van der Waals surface area contributed by atoms with Crippen LogP contribution >= 0.6 is 11.3 Å². The summed E-state index contributed by atoms with van der Waals surface area (Å²) in [7, 11) is 1.40. The van der Waals surface area contributed by atoms with Crippen LogP contribution in [0, 0.1) is 25.7 Å². The third kappa shape index (κ3) is 2.56. The fourth-order valence-electron chi connectivity index (χ4n) is 7.24. The highest BCUT2D eigenvalue weighted by Gasteiger charge is 2.61. The summed E-state index contributed by atoms with van der Waals surface area (Å²) in [6.07, 6.45) is 8.32. The SMILES string of the molecule is COC(=O)c1sc2ncn3nc(C45C[C@H]6C[C@@H](C4)CC(n4nnc(C)n4)(C6)C5)nc3c2c1C. The van der Waals surface area contributed by atoms with Gasteiger partial charge in [0.1, 0.15) is 16.0 Å². The zero-order chi connectivity index (χ0) is 22.5. The van der Waals surface area contributed by atoms with Crippen LogP contribution in [0.4, 0.5) is 0 Å². The topological polar surface area (TPSA) is 113 Å². The molecule has 0 amide bonds. The van der Waals surface area contributed by atoms with Gasteiger partial charge in [0.25, 0.3) is 0 Å². The number of fused-ring (bicyclic) bond motifs is 3. The zero-order valence-corrected chi connectivity index (χ0v) is 19.6. The lowest BCUT2D eigenvalue weighted by atomic mass is 9.46. The van der Waals surface area contributed by atoms with E-state index in [0.29, 0.717) is 22.5 Å². The van der Waals surface area contributed by atoms with E-state index in [-0.39, 0.29) is 16.9 Å². The number of hydrogen-bond acceptors (Lipinski definition) is 9. The number of carbonyl (C=O) groups excluding carboxylic acids is 1. The number of methoxy groups -OCH3 is 1. The first-order chi connectivity index (χ1) is 15.9. The molecular formula is C22H24N8O2S. The first kappa shape index (κ1) is 19.5. The van der Waals surface area contributed by atoms with Gasteiger partial charge in [-0.3, -0.25) is 0 Å². The molecule has 33 heavy (non-hydrogen) atoms. The number of nitrogens with zero attached hydrogens (tertiary/aromatic N) is 8. The van der Waals surface area contributed by atoms with Gasteiger partial charge in [-0.2, -0.15) is 4.80 Å². The molecule has 4 aromatic rings. The van der Waals surface area contributed by atoms with E-state index < -0.39 is 0 Å². The van der Waals surface area contributed by atoms with Crippen molar-refractivity contribution in [3.05, 3.63) is 28.4 Å². The van der Waals surface area contributed by atoms with Crippen molar-refractivity contribution >= 4 is 33.2 Å². The van der Waals surface area contributed by atoms with E-state index in [1.807, 2.05) is 18.6 Å². The molecule has 4 aliphatic carbocycles. The van der Waals surface area contributed by atoms with Crippen LogP contribution in [0.25, 0.3) is 15.9 Å². The van der Waals surface area contributed by atoms with Gasteiger partial charge in [-0.15, -0.1) is 26.6 Å². The van der Waals surface area contributed by atoms with Gasteiger partial charge in [0, 0.05) is 5.41 Å². The van der Waals surface area contributed by atoms with E-state index in [1.165, 1.54) is 24.9 Å². The minimum absolute atomic E-state index is 0.0981. The number of aryl methyl sites for hydroxylation is 2. The molecule has 4 aliphatic rings. The van der Waals surface area contributed by atoms with E-state index in [4.69, 9.17) is 14.8 Å². The Balaban J connectivity index is 1.38. The molecule has 0 aliphatic heterocycles. The Morgan fingerprint density at radius 3 is 2.67 bits per heavy atom. The Hall–Kier alpha value is -2.95. The number of tetrazole rings is 1. The van der Waals surface area contributed by atoms with E-state index in [2.05, 4.69) is 20.4 Å². The quantitative estimate of drug-likeness (QED) is 0.425. The number of carbonyl (C=O) groups is 1. The Bertz CT molecular complexity index is 1440. The molecule has 10 nitrogen and oxygen atoms in total. The lowest BCUT2D eigenvalue weighted by Gasteiger charge is -2.60. The lowest BCUT2D eigenvalue weighted by Crippen LogP contribution is -2.59. The van der Waals surface area contributed by atoms with E-state index in [1.54, 1.807) is 10.8 Å². The average molecular weight is 465 g/mol. The van der Waals surface area contributed by atoms with Crippen molar-refractivity contribution in [2.45, 2.75) is 63.3 Å². The molecule has 4 heterocycles. The number of esters is 1. The third-order valence-electron chi connectivity index (χ3n) is 8.08. The van der Waals surface area contributed by atoms with Gasteiger partial charge in [-0.1, -0.05) is 0 Å². The number of rotatable bonds is 3. The molecule has 0 aromatic carbocycles. The standard InChI is InChI=1S/C22H24N8O2S/c1-11-15-17-24-20(27-29(17)10-23-18(15)33-16(11)19(31)32-3)21-5-13-4-14(6-21)8-22(7-13,9-21)30-26-12(2)25-28-30/h10,13-14H,4-9H2,1-3H3/t13-,14+,21?,22?. The second-order valence-corrected chi connectivity index (χ2v) is 11.3. The minimum Gasteiger partial charge on any atom is -0.465 e. The van der Waals surface area contributed by atoms with Gasteiger partial charge in [-0.25, -0.2) is 19.3 Å². The van der Waals surface area contributed by atoms with Crippen LogP contribution in [0.5, 0.6) is 0 Å². The highest BCUT2D eigenvalue weighted by atomic mass is 32.1. The summed E-state index contributed by atoms with van der Waals surface area (Å²) in [5.41, 5.74) is 1.41. The van der Waals surface area contributed by atoms with Crippen molar-refractivity contribution in [2.75, 3.05) is 7.11 Å². The van der Waals surface area contributed by atoms with Gasteiger partial charge in [0.05, 0.1) is 18.0 Å². The molecule has 4 saturated carbocycles. The minimum atomic E-state index is -0.341. The smallest absolute Gasteiger partial charge is 0.348 e. The van der Waals surface area contributed by atoms with Crippen LogP contribution in [0.1, 0.15) is 65.4 Å². The van der Waals surface area contributed by atoms with Crippen LogP contribution in [0.3, 0.4) is 0 Å². The monoisotopic (exact) mass is 464 g/mol. The molecule has 4 bridgehead atoms. The summed E-state index contributed by atoms with van der Waals surface area (Å²) >= 11 is 1.35. The molecule has 4 atom stereocenters. The first-order valence-electron chi connectivity index (χ1n) is 11.4. The Labute approximate surface area is 193 Å². The van der Waals surface area contributed by atoms with Gasteiger partial charge in [0.2, 0.25) is 0 Å². The van der Waals surface area contributed by atoms with Crippen LogP contribution in [0.15, 0.2) is 6.33 Å². The second-order valence-electron chi connectivity index (χ2n) is 10.3. The predicted molar refractivity (Wildman–Crippen MR) is 119 cm³/mol. The largest absolute Gasteiger partial charge is 0.465 e. The molecule has 2 unspecified atom stereocenters. The molecule has 0 saturated heterocycles. The molecule has 4 fully saturated rings. The summed E-state index contributed by atoms with van der Waals surface area (Å²) in [4.78, 5) is 25.2. The third-order valence-corrected chi connectivity index (χ3v) is 9.26. The van der Waals surface area contributed by atoms with Gasteiger partial charge >= 0.3 is 5.97 Å². The highest BCUT2D eigenvalue weighted by Crippen LogP contribution is 2.64. The van der Waals surface area contributed by atoms with Gasteiger partial charge in [0.15, 0.2) is 17.3 Å². The van der Waals surface area contributed by atoms with Crippen LogP contribution < -0.4 is 0 Å². The highest BCUT2D eigenvalue weighted by molar-refractivity contribution is 7.20. The van der Waals surface area contributed by atoms with Crippen LogP contribution in [-0.2, 0) is 15.7 Å². The fourth-order valence-corrected chi connectivity index (χ4v) is 8.30. The molecule has 0 radical (unpaired) electrons. The van der Waals surface area contributed by atoms with Crippen molar-refractivity contribution < 1.29 is 9.53 Å². The van der Waals surface area contributed by atoms with Gasteiger partial charge < -0.3 is 4.74 Å². The van der Waals surface area contributed by atoms with Crippen molar-refractivity contribution in [1.82, 2.24) is 39.8 Å². The van der Waals surface area contributed by atoms with Gasteiger partial charge in [-0.05, 0) is 75.0 Å². The summed E-state index contributed by atoms with van der Waals surface area (Å²) in [5, 5.41) is 19.1. The maximum Gasteiger partial charge on any atom is 0.348 e. The Morgan fingerprint density at radius 1 is 1.18 bits per heavy atom. The number of ether oxygens (including phenoxy) is 1. The zero-order valence-electron chi connectivity index (χ0n) is 18.8. The normalized spacial score (nSPS) is 30.5. The summed E-state index contributed by atoms with van der Waals surface area (Å²) < 4.78 is 6.74. The van der Waals surface area contributed by atoms with Crippen molar-refractivity contribution in [3.63, 3.8) is 0 Å².